The van der Waals surface area contributed by atoms with Crippen molar-refractivity contribution in [1.82, 2.24) is 9.78 Å². The summed E-state index contributed by atoms with van der Waals surface area (Å²) >= 11 is 6.15. The minimum atomic E-state index is -0.396. The average molecular weight is 508 g/mol. The number of halogens is 2. The van der Waals surface area contributed by atoms with E-state index in [9.17, 15) is 9.18 Å². The van der Waals surface area contributed by atoms with Crippen LogP contribution in [0.15, 0.2) is 60.7 Å². The fourth-order valence-electron chi connectivity index (χ4n) is 3.78. The number of aryl methyl sites for hydroxylation is 3. The predicted octanol–water partition coefficient (Wildman–Crippen LogP) is 6.49. The van der Waals surface area contributed by atoms with Crippen LogP contribution in [0.5, 0.6) is 11.5 Å². The van der Waals surface area contributed by atoms with Gasteiger partial charge in [0.05, 0.1) is 13.7 Å². The van der Waals surface area contributed by atoms with Crippen LogP contribution < -0.4 is 14.8 Å². The Morgan fingerprint density at radius 1 is 1.00 bits per heavy atom. The van der Waals surface area contributed by atoms with Crippen LogP contribution in [-0.2, 0) is 13.2 Å². The molecule has 0 atom stereocenters. The largest absolute Gasteiger partial charge is 0.496 e. The van der Waals surface area contributed by atoms with Crippen LogP contribution in [0, 0.1) is 26.6 Å². The molecule has 0 radical (unpaired) electrons. The number of ether oxygens (including phenoxy) is 2. The zero-order valence-electron chi connectivity index (χ0n) is 20.6. The molecule has 0 fully saturated rings. The highest BCUT2D eigenvalue weighted by molar-refractivity contribution is 6.31. The van der Waals surface area contributed by atoms with E-state index in [0.29, 0.717) is 28.7 Å². The number of benzene rings is 3. The third-order valence-corrected chi connectivity index (χ3v) is 6.18. The zero-order chi connectivity index (χ0) is 25.8. The van der Waals surface area contributed by atoms with Gasteiger partial charge in [-0.05, 0) is 73.9 Å². The highest BCUT2D eigenvalue weighted by atomic mass is 35.5. The maximum Gasteiger partial charge on any atom is 0.256 e. The molecule has 186 valence electrons. The van der Waals surface area contributed by atoms with Crippen molar-refractivity contribution in [2.75, 3.05) is 12.4 Å². The first kappa shape index (κ1) is 25.3. The van der Waals surface area contributed by atoms with Crippen molar-refractivity contribution < 1.29 is 18.7 Å². The fraction of sp³-hybridized carbons (Fsp3) is 0.214. The van der Waals surface area contributed by atoms with Crippen molar-refractivity contribution in [3.05, 3.63) is 105 Å². The molecule has 0 unspecified atom stereocenters. The predicted molar refractivity (Wildman–Crippen MR) is 139 cm³/mol. The number of anilines is 1. The molecular formula is C28H27ClFN3O3. The average Bonchev–Trinajstić information content (AvgIpc) is 3.19. The van der Waals surface area contributed by atoms with Crippen molar-refractivity contribution in [3.8, 4) is 11.5 Å². The van der Waals surface area contributed by atoms with Gasteiger partial charge in [-0.3, -0.25) is 9.48 Å². The van der Waals surface area contributed by atoms with Crippen molar-refractivity contribution >= 4 is 23.3 Å². The third kappa shape index (κ3) is 5.86. The summed E-state index contributed by atoms with van der Waals surface area (Å²) in [6.45, 7) is 6.47. The highest BCUT2D eigenvalue weighted by Crippen LogP contribution is 2.25. The van der Waals surface area contributed by atoms with Gasteiger partial charge in [0.1, 0.15) is 23.9 Å². The van der Waals surface area contributed by atoms with Crippen LogP contribution in [0.25, 0.3) is 0 Å². The number of hydrogen-bond donors (Lipinski definition) is 1. The molecule has 36 heavy (non-hydrogen) atoms. The maximum atomic E-state index is 13.3. The number of amides is 1. The normalized spacial score (nSPS) is 10.8. The van der Waals surface area contributed by atoms with Gasteiger partial charge in [-0.25, -0.2) is 4.39 Å². The molecule has 3 aromatic carbocycles. The van der Waals surface area contributed by atoms with Crippen molar-refractivity contribution in [3.63, 3.8) is 0 Å². The van der Waals surface area contributed by atoms with Crippen molar-refractivity contribution in [1.29, 1.82) is 0 Å². The first-order chi connectivity index (χ1) is 17.2. The lowest BCUT2D eigenvalue weighted by molar-refractivity contribution is 0.102. The summed E-state index contributed by atoms with van der Waals surface area (Å²) in [7, 11) is 1.58. The quantitative estimate of drug-likeness (QED) is 0.296. The summed E-state index contributed by atoms with van der Waals surface area (Å²) < 4.78 is 26.6. The standard InChI is InChI=1S/C28H27ClFN3O3/c1-17-5-6-18(2)26(11-17)36-16-22-13-20(8-10-25(22)35-4)28(34)31-27-12-19(3)33(32-27)15-21-7-9-23(30)14-24(21)29/h5-14H,15-16H2,1-4H3,(H,31,32,34). The Hall–Kier alpha value is -3.84. The van der Waals surface area contributed by atoms with Gasteiger partial charge in [0, 0.05) is 27.9 Å². The van der Waals surface area contributed by atoms with E-state index in [-0.39, 0.29) is 12.5 Å². The molecule has 1 aromatic heterocycles. The van der Waals surface area contributed by atoms with Gasteiger partial charge >= 0.3 is 0 Å². The molecule has 0 aliphatic carbocycles. The van der Waals surface area contributed by atoms with Crippen LogP contribution in [0.4, 0.5) is 10.2 Å². The van der Waals surface area contributed by atoms with Gasteiger partial charge in [-0.15, -0.1) is 0 Å². The lowest BCUT2D eigenvalue weighted by Crippen LogP contribution is -2.14. The lowest BCUT2D eigenvalue weighted by Gasteiger charge is -2.14. The number of nitrogens with zero attached hydrogens (tertiary/aromatic N) is 2. The van der Waals surface area contributed by atoms with Crippen molar-refractivity contribution in [2.45, 2.75) is 33.9 Å². The Bertz CT molecular complexity index is 1420. The molecule has 1 N–H and O–H groups in total. The Labute approximate surface area is 214 Å². The van der Waals surface area contributed by atoms with Crippen LogP contribution in [0.2, 0.25) is 5.02 Å². The molecule has 0 aliphatic rings. The minimum absolute atomic E-state index is 0.251. The molecule has 6 nitrogen and oxygen atoms in total. The second-order valence-electron chi connectivity index (χ2n) is 8.60. The molecular weight excluding hydrogens is 481 g/mol. The number of nitrogens with one attached hydrogen (secondary N) is 1. The Kier molecular flexibility index (Phi) is 7.60. The summed E-state index contributed by atoms with van der Waals surface area (Å²) in [6, 6.07) is 17.2. The fourth-order valence-corrected chi connectivity index (χ4v) is 4.01. The molecule has 1 amide bonds. The molecule has 4 rings (SSSR count). The topological polar surface area (TPSA) is 65.4 Å². The number of aromatic nitrogens is 2. The SMILES string of the molecule is COc1ccc(C(=O)Nc2cc(C)n(Cc3ccc(F)cc3Cl)n2)cc1COc1cc(C)ccc1C. The highest BCUT2D eigenvalue weighted by Gasteiger charge is 2.15. The monoisotopic (exact) mass is 507 g/mol. The van der Waals surface area contributed by atoms with E-state index in [1.54, 1.807) is 42.1 Å². The van der Waals surface area contributed by atoms with Crippen molar-refractivity contribution in [2.24, 2.45) is 0 Å². The molecule has 0 saturated carbocycles. The zero-order valence-corrected chi connectivity index (χ0v) is 21.3. The second-order valence-corrected chi connectivity index (χ2v) is 9.01. The minimum Gasteiger partial charge on any atom is -0.496 e. The molecule has 0 saturated heterocycles. The Balaban J connectivity index is 1.48. The number of carbonyl (C=O) groups excluding carboxylic acids is 1. The van der Waals surface area contributed by atoms with Crippen LogP contribution in [-0.4, -0.2) is 22.8 Å². The van der Waals surface area contributed by atoms with Gasteiger partial charge in [-0.1, -0.05) is 29.8 Å². The van der Waals surface area contributed by atoms with Gasteiger partial charge in [0.15, 0.2) is 5.82 Å². The maximum absolute atomic E-state index is 13.3. The number of hydrogen-bond acceptors (Lipinski definition) is 4. The number of carbonyl (C=O) groups is 1. The smallest absolute Gasteiger partial charge is 0.256 e. The number of rotatable bonds is 8. The van der Waals surface area contributed by atoms with Crippen LogP contribution in [0.1, 0.15) is 38.3 Å². The summed E-state index contributed by atoms with van der Waals surface area (Å²) in [5.74, 6) is 1.12. The van der Waals surface area contributed by atoms with E-state index >= 15 is 0 Å². The van der Waals surface area contributed by atoms with E-state index < -0.39 is 5.82 Å². The van der Waals surface area contributed by atoms with Gasteiger partial charge < -0.3 is 14.8 Å². The lowest BCUT2D eigenvalue weighted by atomic mass is 10.1. The molecule has 0 aliphatic heterocycles. The molecule has 0 spiro atoms. The van der Waals surface area contributed by atoms with E-state index in [1.165, 1.54) is 12.1 Å². The summed E-state index contributed by atoms with van der Waals surface area (Å²) in [4.78, 5) is 13.0. The molecule has 8 heteroatoms. The summed E-state index contributed by atoms with van der Waals surface area (Å²) in [5, 5.41) is 7.63. The molecule has 4 aromatic rings. The summed E-state index contributed by atoms with van der Waals surface area (Å²) in [5.41, 5.74) is 4.88. The van der Waals surface area contributed by atoms with E-state index in [4.69, 9.17) is 21.1 Å². The van der Waals surface area contributed by atoms with Crippen LogP contribution >= 0.6 is 11.6 Å². The molecule has 1 heterocycles. The van der Waals surface area contributed by atoms with Gasteiger partial charge in [0.25, 0.3) is 5.91 Å². The summed E-state index contributed by atoms with van der Waals surface area (Å²) in [6.07, 6.45) is 0. The Morgan fingerprint density at radius 3 is 2.56 bits per heavy atom. The van der Waals surface area contributed by atoms with E-state index in [1.807, 2.05) is 39.0 Å². The first-order valence-electron chi connectivity index (χ1n) is 11.4. The number of methoxy groups -OCH3 is 1. The third-order valence-electron chi connectivity index (χ3n) is 5.83. The second kappa shape index (κ2) is 10.8. The Morgan fingerprint density at radius 2 is 1.81 bits per heavy atom. The molecule has 0 bridgehead atoms. The first-order valence-corrected chi connectivity index (χ1v) is 11.8. The van der Waals surface area contributed by atoms with Gasteiger partial charge in [-0.2, -0.15) is 5.10 Å². The van der Waals surface area contributed by atoms with Crippen LogP contribution in [0.3, 0.4) is 0 Å². The van der Waals surface area contributed by atoms with E-state index in [0.717, 1.165) is 33.7 Å². The van der Waals surface area contributed by atoms with Gasteiger partial charge in [0.2, 0.25) is 0 Å². The van der Waals surface area contributed by atoms with E-state index in [2.05, 4.69) is 10.4 Å².